The summed E-state index contributed by atoms with van der Waals surface area (Å²) in [6.45, 7) is 3.45. The van der Waals surface area contributed by atoms with Gasteiger partial charge in [-0.3, -0.25) is 4.55 Å². The van der Waals surface area contributed by atoms with E-state index in [0.29, 0.717) is 10.5 Å². The Hall–Kier alpha value is -0.520. The number of benzene rings is 1. The van der Waals surface area contributed by atoms with Crippen LogP contribution in [0.5, 0.6) is 0 Å². The number of rotatable bonds is 1. The van der Waals surface area contributed by atoms with Gasteiger partial charge in [-0.05, 0) is 31.0 Å². The molecule has 0 spiro atoms. The Morgan fingerprint density at radius 3 is 2.23 bits per heavy atom. The van der Waals surface area contributed by atoms with Gasteiger partial charge in [0, 0.05) is 4.90 Å². The average Bonchev–Trinajstić information content (AvgIpc) is 1.94. The number of hydrogen-bond acceptors (Lipinski definition) is 3. The molecule has 0 saturated heterocycles. The Morgan fingerprint density at radius 2 is 1.77 bits per heavy atom. The van der Waals surface area contributed by atoms with Gasteiger partial charge in [0.15, 0.2) is 0 Å². The normalized spacial score (nSPS) is 11.7. The first-order valence-corrected chi connectivity index (χ1v) is 5.49. The van der Waals surface area contributed by atoms with E-state index in [0.717, 1.165) is 5.56 Å². The van der Waals surface area contributed by atoms with Gasteiger partial charge in [0.05, 0.1) is 4.90 Å². The zero-order valence-corrected chi connectivity index (χ0v) is 8.98. The highest BCUT2D eigenvalue weighted by molar-refractivity contribution is 7.86. The number of thiol groups is 1. The molecule has 0 aliphatic rings. The molecule has 0 aliphatic carbocycles. The highest BCUT2D eigenvalue weighted by Gasteiger charge is 2.13. The van der Waals surface area contributed by atoms with Gasteiger partial charge in [-0.25, -0.2) is 0 Å². The van der Waals surface area contributed by atoms with Crippen LogP contribution in [-0.2, 0) is 10.1 Å². The summed E-state index contributed by atoms with van der Waals surface area (Å²) in [5, 5.41) is 0. The molecule has 0 heterocycles. The molecule has 5 heteroatoms. The van der Waals surface area contributed by atoms with Crippen molar-refractivity contribution >= 4 is 22.7 Å². The molecule has 1 aromatic carbocycles. The van der Waals surface area contributed by atoms with Crippen LogP contribution in [0.2, 0.25) is 0 Å². The van der Waals surface area contributed by atoms with Crippen molar-refractivity contribution < 1.29 is 13.0 Å². The van der Waals surface area contributed by atoms with Crippen LogP contribution < -0.4 is 0 Å². The molecule has 0 aliphatic heterocycles. The molecule has 13 heavy (non-hydrogen) atoms. The summed E-state index contributed by atoms with van der Waals surface area (Å²) in [5.41, 5.74) is 1.41. The lowest BCUT2D eigenvalue weighted by Gasteiger charge is -2.05. The maximum atomic E-state index is 10.8. The minimum atomic E-state index is -4.12. The van der Waals surface area contributed by atoms with Gasteiger partial charge in [0.1, 0.15) is 0 Å². The van der Waals surface area contributed by atoms with Crippen LogP contribution in [0.25, 0.3) is 0 Å². The summed E-state index contributed by atoms with van der Waals surface area (Å²) in [6.07, 6.45) is 0. The average molecular weight is 218 g/mol. The summed E-state index contributed by atoms with van der Waals surface area (Å²) < 4.78 is 30.5. The molecule has 0 aromatic heterocycles. The van der Waals surface area contributed by atoms with Crippen molar-refractivity contribution in [1.82, 2.24) is 0 Å². The summed E-state index contributed by atoms with van der Waals surface area (Å²) >= 11 is 4.07. The third-order valence-electron chi connectivity index (χ3n) is 1.77. The lowest BCUT2D eigenvalue weighted by molar-refractivity contribution is 0.482. The molecule has 1 aromatic rings. The number of aryl methyl sites for hydroxylation is 2. The van der Waals surface area contributed by atoms with E-state index >= 15 is 0 Å². The van der Waals surface area contributed by atoms with Crippen molar-refractivity contribution in [3.8, 4) is 0 Å². The van der Waals surface area contributed by atoms with E-state index in [-0.39, 0.29) is 4.90 Å². The molecule has 0 bridgehead atoms. The maximum Gasteiger partial charge on any atom is 0.294 e. The molecule has 1 N–H and O–H groups in total. The van der Waals surface area contributed by atoms with Crippen molar-refractivity contribution in [2.75, 3.05) is 0 Å². The van der Waals surface area contributed by atoms with Crippen LogP contribution in [0.15, 0.2) is 21.9 Å². The topological polar surface area (TPSA) is 54.4 Å². The van der Waals surface area contributed by atoms with E-state index in [4.69, 9.17) is 4.55 Å². The Kier molecular flexibility index (Phi) is 2.70. The third-order valence-corrected chi connectivity index (χ3v) is 3.25. The second kappa shape index (κ2) is 3.32. The van der Waals surface area contributed by atoms with Crippen LogP contribution in [0, 0.1) is 13.8 Å². The monoisotopic (exact) mass is 218 g/mol. The van der Waals surface area contributed by atoms with Crippen molar-refractivity contribution in [3.63, 3.8) is 0 Å². The molecule has 0 fully saturated rings. The fourth-order valence-electron chi connectivity index (χ4n) is 1.10. The molecule has 0 amide bonds. The van der Waals surface area contributed by atoms with Crippen molar-refractivity contribution in [3.05, 3.63) is 23.3 Å². The molecule has 3 nitrogen and oxygen atoms in total. The molecular formula is C8H10O3S2. The maximum absolute atomic E-state index is 10.8. The Morgan fingerprint density at radius 1 is 1.23 bits per heavy atom. The van der Waals surface area contributed by atoms with E-state index < -0.39 is 10.1 Å². The largest absolute Gasteiger partial charge is 0.294 e. The van der Waals surface area contributed by atoms with E-state index in [1.807, 2.05) is 6.92 Å². The second-order valence-electron chi connectivity index (χ2n) is 2.88. The second-order valence-corrected chi connectivity index (χ2v) is 4.75. The first-order chi connectivity index (χ1) is 5.82. The fraction of sp³-hybridized carbons (Fsp3) is 0.250. The summed E-state index contributed by atoms with van der Waals surface area (Å²) in [5.74, 6) is 0. The predicted octanol–water partition coefficient (Wildman–Crippen LogP) is 1.84. The van der Waals surface area contributed by atoms with Gasteiger partial charge in [-0.1, -0.05) is 6.07 Å². The van der Waals surface area contributed by atoms with Crippen molar-refractivity contribution in [2.24, 2.45) is 0 Å². The molecule has 0 unspecified atom stereocenters. The zero-order valence-electron chi connectivity index (χ0n) is 7.27. The molecule has 0 atom stereocenters. The molecular weight excluding hydrogens is 208 g/mol. The SMILES string of the molecule is Cc1cc(C)c(S(=O)(=O)O)cc1S. The van der Waals surface area contributed by atoms with Crippen LogP contribution >= 0.6 is 12.6 Å². The summed E-state index contributed by atoms with van der Waals surface area (Å²) in [4.78, 5) is 0.473. The standard InChI is InChI=1S/C8H10O3S2/c1-5-3-6(2)8(4-7(5)12)13(9,10)11/h3-4,12H,1-2H3,(H,9,10,11). The molecule has 0 saturated carbocycles. The van der Waals surface area contributed by atoms with E-state index in [2.05, 4.69) is 12.6 Å². The third kappa shape index (κ3) is 2.24. The lowest BCUT2D eigenvalue weighted by Crippen LogP contribution is -2.01. The minimum absolute atomic E-state index is 0.0805. The Bertz CT molecular complexity index is 435. The van der Waals surface area contributed by atoms with Crippen LogP contribution in [-0.4, -0.2) is 13.0 Å². The summed E-state index contributed by atoms with van der Waals surface area (Å²) in [6, 6.07) is 3.02. The quantitative estimate of drug-likeness (QED) is 0.558. The smallest absolute Gasteiger partial charge is 0.282 e. The van der Waals surface area contributed by atoms with Gasteiger partial charge < -0.3 is 0 Å². The highest BCUT2D eigenvalue weighted by atomic mass is 32.2. The first-order valence-electron chi connectivity index (χ1n) is 3.60. The lowest BCUT2D eigenvalue weighted by atomic mass is 10.2. The molecule has 72 valence electrons. The number of hydrogen-bond donors (Lipinski definition) is 2. The minimum Gasteiger partial charge on any atom is -0.282 e. The van der Waals surface area contributed by atoms with Crippen molar-refractivity contribution in [1.29, 1.82) is 0 Å². The van der Waals surface area contributed by atoms with E-state index in [1.165, 1.54) is 6.07 Å². The Balaban J connectivity index is 3.50. The predicted molar refractivity (Wildman–Crippen MR) is 53.0 cm³/mol. The van der Waals surface area contributed by atoms with Crippen molar-refractivity contribution in [2.45, 2.75) is 23.6 Å². The van der Waals surface area contributed by atoms with Gasteiger partial charge in [0.2, 0.25) is 0 Å². The van der Waals surface area contributed by atoms with Crippen LogP contribution in [0.1, 0.15) is 11.1 Å². The van der Waals surface area contributed by atoms with E-state index in [1.54, 1.807) is 13.0 Å². The van der Waals surface area contributed by atoms with Gasteiger partial charge in [0.25, 0.3) is 10.1 Å². The Labute approximate surface area is 82.9 Å². The van der Waals surface area contributed by atoms with E-state index in [9.17, 15) is 8.42 Å². The van der Waals surface area contributed by atoms with Gasteiger partial charge in [-0.2, -0.15) is 8.42 Å². The van der Waals surface area contributed by atoms with Crippen LogP contribution in [0.4, 0.5) is 0 Å². The molecule has 1 rings (SSSR count). The van der Waals surface area contributed by atoms with Gasteiger partial charge in [-0.15, -0.1) is 12.6 Å². The first kappa shape index (κ1) is 10.6. The summed E-state index contributed by atoms with van der Waals surface area (Å²) in [7, 11) is -4.12. The van der Waals surface area contributed by atoms with Gasteiger partial charge >= 0.3 is 0 Å². The highest BCUT2D eigenvalue weighted by Crippen LogP contribution is 2.22. The zero-order chi connectivity index (χ0) is 10.2. The van der Waals surface area contributed by atoms with Crippen LogP contribution in [0.3, 0.4) is 0 Å². The fourth-order valence-corrected chi connectivity index (χ4v) is 2.11. The molecule has 0 radical (unpaired) electrons.